The first-order valence-electron chi connectivity index (χ1n) is 6.75. The van der Waals surface area contributed by atoms with E-state index in [1.165, 1.54) is 0 Å². The van der Waals surface area contributed by atoms with Gasteiger partial charge in [0, 0.05) is 12.8 Å². The molecule has 1 rings (SSSR count). The van der Waals surface area contributed by atoms with Crippen molar-refractivity contribution in [1.82, 2.24) is 0 Å². The Balaban J connectivity index is 2.30. The Kier molecular flexibility index (Phi) is 8.16. The van der Waals surface area contributed by atoms with Crippen molar-refractivity contribution in [3.63, 3.8) is 0 Å². The molecule has 4 nitrogen and oxygen atoms in total. The van der Waals surface area contributed by atoms with E-state index in [1.807, 2.05) is 25.1 Å². The second-order valence-electron chi connectivity index (χ2n) is 4.36. The van der Waals surface area contributed by atoms with Crippen molar-refractivity contribution in [3.05, 3.63) is 29.8 Å². The van der Waals surface area contributed by atoms with E-state index in [4.69, 9.17) is 32.7 Å². The average Bonchev–Trinajstić information content (AvgIpc) is 2.45. The smallest absolute Gasteiger partial charge is 0.311 e. The van der Waals surface area contributed by atoms with Crippen LogP contribution in [0.25, 0.3) is 0 Å². The van der Waals surface area contributed by atoms with Crippen LogP contribution < -0.4 is 4.74 Å². The summed E-state index contributed by atoms with van der Waals surface area (Å²) in [4.78, 5) is 22.3. The molecule has 1 aromatic carbocycles. The van der Waals surface area contributed by atoms with E-state index in [9.17, 15) is 9.59 Å². The summed E-state index contributed by atoms with van der Waals surface area (Å²) in [6, 6.07) is 7.38. The Bertz CT molecular complexity index is 474. The summed E-state index contributed by atoms with van der Waals surface area (Å²) in [5, 5.41) is 0. The third-order valence-corrected chi connectivity index (χ3v) is 2.96. The van der Waals surface area contributed by atoms with Gasteiger partial charge in [-0.25, -0.2) is 0 Å². The standard InChI is InChI=1S/C15H18Cl2O4/c1-2-11-6-3-4-7-12(11)21-15(19)9-5-8-14(18)20-10-13(16)17/h3-4,6-7,13H,2,5,8-10H2,1H3. The minimum atomic E-state index is -0.732. The number of halogens is 2. The highest BCUT2D eigenvalue weighted by Crippen LogP contribution is 2.19. The highest BCUT2D eigenvalue weighted by molar-refractivity contribution is 6.44. The molecule has 0 aliphatic rings. The van der Waals surface area contributed by atoms with Gasteiger partial charge in [-0.3, -0.25) is 9.59 Å². The molecule has 0 fully saturated rings. The molecule has 0 radical (unpaired) electrons. The van der Waals surface area contributed by atoms with Crippen molar-refractivity contribution in [2.75, 3.05) is 6.61 Å². The highest BCUT2D eigenvalue weighted by Gasteiger charge is 2.11. The number of carbonyl (C=O) groups excluding carboxylic acids is 2. The Labute approximate surface area is 134 Å². The molecule has 21 heavy (non-hydrogen) atoms. The van der Waals surface area contributed by atoms with Gasteiger partial charge < -0.3 is 9.47 Å². The topological polar surface area (TPSA) is 52.6 Å². The zero-order chi connectivity index (χ0) is 15.7. The summed E-state index contributed by atoms with van der Waals surface area (Å²) in [5.41, 5.74) is 0.973. The largest absolute Gasteiger partial charge is 0.463 e. The summed E-state index contributed by atoms with van der Waals surface area (Å²) in [6.45, 7) is 1.94. The van der Waals surface area contributed by atoms with Gasteiger partial charge in [0.2, 0.25) is 0 Å². The molecule has 0 heterocycles. The fourth-order valence-corrected chi connectivity index (χ4v) is 1.80. The number of para-hydroxylation sites is 1. The van der Waals surface area contributed by atoms with E-state index in [-0.39, 0.29) is 25.4 Å². The van der Waals surface area contributed by atoms with E-state index >= 15 is 0 Å². The van der Waals surface area contributed by atoms with Crippen molar-refractivity contribution in [2.45, 2.75) is 37.4 Å². The lowest BCUT2D eigenvalue weighted by atomic mass is 10.1. The first-order valence-corrected chi connectivity index (χ1v) is 7.62. The number of rotatable bonds is 8. The molecule has 116 valence electrons. The van der Waals surface area contributed by atoms with E-state index in [0.717, 1.165) is 12.0 Å². The fourth-order valence-electron chi connectivity index (χ4n) is 1.67. The van der Waals surface area contributed by atoms with Crippen molar-refractivity contribution in [1.29, 1.82) is 0 Å². The number of benzene rings is 1. The Morgan fingerprint density at radius 2 is 1.81 bits per heavy atom. The molecule has 0 saturated carbocycles. The van der Waals surface area contributed by atoms with E-state index in [2.05, 4.69) is 0 Å². The SMILES string of the molecule is CCc1ccccc1OC(=O)CCCC(=O)OCC(Cl)Cl. The molecule has 0 bridgehead atoms. The van der Waals surface area contributed by atoms with Gasteiger partial charge in [0.05, 0.1) is 0 Å². The van der Waals surface area contributed by atoms with Gasteiger partial charge in [0.15, 0.2) is 0 Å². The number of esters is 2. The molecule has 0 aliphatic carbocycles. The lowest BCUT2D eigenvalue weighted by Gasteiger charge is -2.08. The van der Waals surface area contributed by atoms with Gasteiger partial charge in [-0.15, -0.1) is 23.2 Å². The maximum Gasteiger partial charge on any atom is 0.311 e. The van der Waals surface area contributed by atoms with E-state index < -0.39 is 10.8 Å². The zero-order valence-electron chi connectivity index (χ0n) is 11.8. The Morgan fingerprint density at radius 1 is 1.14 bits per heavy atom. The van der Waals surface area contributed by atoms with Crippen molar-refractivity contribution in [2.24, 2.45) is 0 Å². The number of hydrogen-bond acceptors (Lipinski definition) is 4. The summed E-state index contributed by atoms with van der Waals surface area (Å²) in [7, 11) is 0. The Morgan fingerprint density at radius 3 is 2.48 bits per heavy atom. The van der Waals surface area contributed by atoms with Crippen LogP contribution in [0.3, 0.4) is 0 Å². The van der Waals surface area contributed by atoms with E-state index in [1.54, 1.807) is 6.07 Å². The summed E-state index contributed by atoms with van der Waals surface area (Å²) < 4.78 is 10.1. The van der Waals surface area contributed by atoms with Crippen molar-refractivity contribution >= 4 is 35.1 Å². The van der Waals surface area contributed by atoms with Gasteiger partial charge in [-0.1, -0.05) is 25.1 Å². The first kappa shape index (κ1) is 17.8. The summed E-state index contributed by atoms with van der Waals surface area (Å²) >= 11 is 10.9. The number of alkyl halides is 2. The van der Waals surface area contributed by atoms with Crippen LogP contribution in [0.1, 0.15) is 31.7 Å². The summed E-state index contributed by atoms with van der Waals surface area (Å²) in [5.74, 6) is -0.223. The molecule has 0 amide bonds. The van der Waals surface area contributed by atoms with Crippen LogP contribution in [-0.2, 0) is 20.7 Å². The molecule has 0 atom stereocenters. The van der Waals surface area contributed by atoms with Crippen LogP contribution in [0.2, 0.25) is 0 Å². The monoisotopic (exact) mass is 332 g/mol. The number of ether oxygens (including phenoxy) is 2. The lowest BCUT2D eigenvalue weighted by Crippen LogP contribution is -2.12. The minimum Gasteiger partial charge on any atom is -0.463 e. The molecular formula is C15H18Cl2O4. The van der Waals surface area contributed by atoms with Gasteiger partial charge in [-0.05, 0) is 24.5 Å². The molecule has 0 aliphatic heterocycles. The van der Waals surface area contributed by atoms with Crippen molar-refractivity contribution < 1.29 is 19.1 Å². The van der Waals surface area contributed by atoms with Gasteiger partial charge in [-0.2, -0.15) is 0 Å². The molecule has 1 aromatic rings. The normalized spacial score (nSPS) is 10.5. The van der Waals surface area contributed by atoms with Gasteiger partial charge in [0.1, 0.15) is 17.2 Å². The van der Waals surface area contributed by atoms with Crippen LogP contribution in [0, 0.1) is 0 Å². The second kappa shape index (κ2) is 9.64. The van der Waals surface area contributed by atoms with Crippen LogP contribution in [0.4, 0.5) is 0 Å². The van der Waals surface area contributed by atoms with Crippen LogP contribution in [0.15, 0.2) is 24.3 Å². The molecule has 6 heteroatoms. The molecular weight excluding hydrogens is 315 g/mol. The predicted molar refractivity (Wildman–Crippen MR) is 81.8 cm³/mol. The average molecular weight is 333 g/mol. The van der Waals surface area contributed by atoms with Gasteiger partial charge >= 0.3 is 11.9 Å². The third-order valence-electron chi connectivity index (χ3n) is 2.71. The molecule has 0 saturated heterocycles. The quantitative estimate of drug-likeness (QED) is 0.414. The number of carbonyl (C=O) groups is 2. The molecule has 0 spiro atoms. The maximum absolute atomic E-state index is 11.7. The van der Waals surface area contributed by atoms with Gasteiger partial charge in [0.25, 0.3) is 0 Å². The summed E-state index contributed by atoms with van der Waals surface area (Å²) in [6.07, 6.45) is 1.43. The maximum atomic E-state index is 11.7. The van der Waals surface area contributed by atoms with Crippen molar-refractivity contribution in [3.8, 4) is 5.75 Å². The lowest BCUT2D eigenvalue weighted by molar-refractivity contribution is -0.143. The highest BCUT2D eigenvalue weighted by atomic mass is 35.5. The predicted octanol–water partition coefficient (Wildman–Crippen LogP) is 3.67. The van der Waals surface area contributed by atoms with Crippen LogP contribution >= 0.6 is 23.2 Å². The Hall–Kier alpha value is -1.26. The van der Waals surface area contributed by atoms with Crippen LogP contribution in [-0.4, -0.2) is 23.4 Å². The number of aryl methyl sites for hydroxylation is 1. The zero-order valence-corrected chi connectivity index (χ0v) is 13.3. The minimum absolute atomic E-state index is 0.0454. The fraction of sp³-hybridized carbons (Fsp3) is 0.467. The number of hydrogen-bond donors (Lipinski definition) is 0. The molecule has 0 unspecified atom stereocenters. The van der Waals surface area contributed by atoms with Crippen LogP contribution in [0.5, 0.6) is 5.75 Å². The first-order chi connectivity index (χ1) is 10.0. The van der Waals surface area contributed by atoms with E-state index in [0.29, 0.717) is 12.2 Å². The molecule has 0 N–H and O–H groups in total. The third kappa shape index (κ3) is 7.34. The molecule has 0 aromatic heterocycles. The second-order valence-corrected chi connectivity index (χ2v) is 5.64.